The standard InChI is InChI=1S/C11H12F2OS/c1-2-3-9(14)7-15-11-5-4-8(12)6-10(11)13/h4-6H,2-3,7H2,1H3. The highest BCUT2D eigenvalue weighted by Crippen LogP contribution is 2.22. The lowest BCUT2D eigenvalue weighted by molar-refractivity contribution is -0.116. The Hall–Kier alpha value is -0.900. The van der Waals surface area contributed by atoms with Gasteiger partial charge in [-0.25, -0.2) is 8.78 Å². The minimum Gasteiger partial charge on any atom is -0.299 e. The van der Waals surface area contributed by atoms with E-state index in [2.05, 4.69) is 0 Å². The molecule has 1 aromatic rings. The van der Waals surface area contributed by atoms with Gasteiger partial charge in [-0.1, -0.05) is 6.92 Å². The lowest BCUT2D eigenvalue weighted by Crippen LogP contribution is -2.00. The maximum Gasteiger partial charge on any atom is 0.143 e. The summed E-state index contributed by atoms with van der Waals surface area (Å²) in [4.78, 5) is 11.5. The number of hydrogen-bond donors (Lipinski definition) is 0. The molecule has 0 atom stereocenters. The van der Waals surface area contributed by atoms with E-state index in [9.17, 15) is 13.6 Å². The predicted molar refractivity (Wildman–Crippen MR) is 57.0 cm³/mol. The van der Waals surface area contributed by atoms with Crippen molar-refractivity contribution in [2.45, 2.75) is 24.7 Å². The van der Waals surface area contributed by atoms with E-state index in [4.69, 9.17) is 0 Å². The topological polar surface area (TPSA) is 17.1 Å². The van der Waals surface area contributed by atoms with Crippen LogP contribution in [-0.4, -0.2) is 11.5 Å². The van der Waals surface area contributed by atoms with Gasteiger partial charge in [0.25, 0.3) is 0 Å². The van der Waals surface area contributed by atoms with Gasteiger partial charge >= 0.3 is 0 Å². The Balaban J connectivity index is 2.54. The number of benzene rings is 1. The van der Waals surface area contributed by atoms with Crippen LogP contribution < -0.4 is 0 Å². The van der Waals surface area contributed by atoms with Crippen LogP contribution in [0.5, 0.6) is 0 Å². The molecular formula is C11H12F2OS. The molecule has 0 fully saturated rings. The number of halogens is 2. The highest BCUT2D eigenvalue weighted by atomic mass is 32.2. The van der Waals surface area contributed by atoms with Crippen LogP contribution in [0.3, 0.4) is 0 Å². The van der Waals surface area contributed by atoms with Crippen molar-refractivity contribution in [1.82, 2.24) is 0 Å². The van der Waals surface area contributed by atoms with Crippen LogP contribution in [0.1, 0.15) is 19.8 Å². The van der Waals surface area contributed by atoms with Crippen molar-refractivity contribution in [2.24, 2.45) is 0 Å². The number of ketones is 1. The first-order chi connectivity index (χ1) is 7.13. The molecule has 0 amide bonds. The fourth-order valence-corrected chi connectivity index (χ4v) is 1.92. The number of rotatable bonds is 5. The molecule has 82 valence electrons. The highest BCUT2D eigenvalue weighted by molar-refractivity contribution is 8.00. The molecule has 1 nitrogen and oxygen atoms in total. The molecule has 4 heteroatoms. The lowest BCUT2D eigenvalue weighted by Gasteiger charge is -2.02. The second-order valence-electron chi connectivity index (χ2n) is 3.15. The second kappa shape index (κ2) is 5.85. The minimum absolute atomic E-state index is 0.0891. The molecule has 0 heterocycles. The molecule has 0 unspecified atom stereocenters. The Bertz CT molecular complexity index is 352. The fourth-order valence-electron chi connectivity index (χ4n) is 1.10. The molecule has 0 N–H and O–H groups in total. The van der Waals surface area contributed by atoms with Gasteiger partial charge in [-0.05, 0) is 18.6 Å². The summed E-state index contributed by atoms with van der Waals surface area (Å²) in [5.41, 5.74) is 0. The van der Waals surface area contributed by atoms with Gasteiger partial charge in [-0.3, -0.25) is 4.79 Å². The van der Waals surface area contributed by atoms with Crippen molar-refractivity contribution in [3.8, 4) is 0 Å². The van der Waals surface area contributed by atoms with Crippen LogP contribution in [0, 0.1) is 11.6 Å². The third kappa shape index (κ3) is 4.00. The minimum atomic E-state index is -0.607. The third-order valence-corrected chi connectivity index (χ3v) is 2.92. The summed E-state index contributed by atoms with van der Waals surface area (Å²) in [5.74, 6) is -0.872. The molecule has 0 aromatic heterocycles. The van der Waals surface area contributed by atoms with Crippen molar-refractivity contribution in [3.63, 3.8) is 0 Å². The van der Waals surface area contributed by atoms with E-state index in [-0.39, 0.29) is 11.5 Å². The largest absolute Gasteiger partial charge is 0.299 e. The molecule has 15 heavy (non-hydrogen) atoms. The second-order valence-corrected chi connectivity index (χ2v) is 4.17. The number of carbonyl (C=O) groups is 1. The summed E-state index contributed by atoms with van der Waals surface area (Å²) in [7, 11) is 0. The maximum atomic E-state index is 13.1. The summed E-state index contributed by atoms with van der Waals surface area (Å²) in [5, 5.41) is 0. The van der Waals surface area contributed by atoms with Gasteiger partial charge in [0, 0.05) is 17.4 Å². The third-order valence-electron chi connectivity index (χ3n) is 1.81. The van der Waals surface area contributed by atoms with Crippen molar-refractivity contribution >= 4 is 17.5 Å². The number of thioether (sulfide) groups is 1. The molecule has 0 spiro atoms. The van der Waals surface area contributed by atoms with E-state index in [1.165, 1.54) is 12.1 Å². The smallest absolute Gasteiger partial charge is 0.143 e. The van der Waals surface area contributed by atoms with Gasteiger partial charge in [0.05, 0.1) is 5.75 Å². The first-order valence-electron chi connectivity index (χ1n) is 4.73. The van der Waals surface area contributed by atoms with Crippen LogP contribution in [0.25, 0.3) is 0 Å². The molecule has 0 saturated heterocycles. The molecule has 0 aliphatic rings. The summed E-state index contributed by atoms with van der Waals surface area (Å²) in [6.07, 6.45) is 1.31. The van der Waals surface area contributed by atoms with E-state index in [1.54, 1.807) is 0 Å². The van der Waals surface area contributed by atoms with Gasteiger partial charge in [-0.15, -0.1) is 11.8 Å². The monoisotopic (exact) mass is 230 g/mol. The molecular weight excluding hydrogens is 218 g/mol. The first-order valence-corrected chi connectivity index (χ1v) is 5.71. The number of carbonyl (C=O) groups excluding carboxylic acids is 1. The van der Waals surface area contributed by atoms with Gasteiger partial charge in [0.1, 0.15) is 17.4 Å². The van der Waals surface area contributed by atoms with E-state index < -0.39 is 11.6 Å². The summed E-state index contributed by atoms with van der Waals surface area (Å²) in [6, 6.07) is 3.37. The normalized spacial score (nSPS) is 10.3. The number of hydrogen-bond acceptors (Lipinski definition) is 2. The maximum absolute atomic E-state index is 13.1. The Morgan fingerprint density at radius 3 is 2.73 bits per heavy atom. The summed E-state index contributed by atoms with van der Waals surface area (Å²) >= 11 is 1.11. The van der Waals surface area contributed by atoms with Crippen LogP contribution in [0.15, 0.2) is 23.1 Å². The van der Waals surface area contributed by atoms with Gasteiger partial charge in [0.15, 0.2) is 0 Å². The SMILES string of the molecule is CCCC(=O)CSc1ccc(F)cc1F. The fraction of sp³-hybridized carbons (Fsp3) is 0.364. The highest BCUT2D eigenvalue weighted by Gasteiger charge is 2.07. The van der Waals surface area contributed by atoms with Crippen molar-refractivity contribution in [1.29, 1.82) is 0 Å². The van der Waals surface area contributed by atoms with Crippen LogP contribution in [0.2, 0.25) is 0 Å². The molecule has 0 aliphatic heterocycles. The summed E-state index contributed by atoms with van der Waals surface area (Å²) < 4.78 is 25.7. The number of Topliss-reactive ketones (excluding diaryl/α,β-unsaturated/α-hetero) is 1. The first kappa shape index (κ1) is 12.2. The zero-order valence-electron chi connectivity index (χ0n) is 8.43. The van der Waals surface area contributed by atoms with Crippen LogP contribution >= 0.6 is 11.8 Å². The van der Waals surface area contributed by atoms with E-state index in [0.29, 0.717) is 11.3 Å². The van der Waals surface area contributed by atoms with Crippen LogP contribution in [-0.2, 0) is 4.79 Å². The quantitative estimate of drug-likeness (QED) is 0.721. The summed E-state index contributed by atoms with van der Waals surface area (Å²) in [6.45, 7) is 1.92. The molecule has 0 saturated carbocycles. The van der Waals surface area contributed by atoms with E-state index >= 15 is 0 Å². The van der Waals surface area contributed by atoms with Gasteiger partial charge in [0.2, 0.25) is 0 Å². The lowest BCUT2D eigenvalue weighted by atomic mass is 10.3. The Labute approximate surface area is 91.9 Å². The van der Waals surface area contributed by atoms with Gasteiger partial charge in [-0.2, -0.15) is 0 Å². The van der Waals surface area contributed by atoms with Gasteiger partial charge < -0.3 is 0 Å². The zero-order valence-corrected chi connectivity index (χ0v) is 9.24. The van der Waals surface area contributed by atoms with Crippen molar-refractivity contribution < 1.29 is 13.6 Å². The molecule has 0 radical (unpaired) electrons. The molecule has 0 bridgehead atoms. The Kier molecular flexibility index (Phi) is 4.75. The average Bonchev–Trinajstić information content (AvgIpc) is 2.17. The Morgan fingerprint density at radius 1 is 1.40 bits per heavy atom. The average molecular weight is 230 g/mol. The van der Waals surface area contributed by atoms with Crippen LogP contribution in [0.4, 0.5) is 8.78 Å². The predicted octanol–water partition coefficient (Wildman–Crippen LogP) is 3.43. The molecule has 1 aromatic carbocycles. The Morgan fingerprint density at radius 2 is 2.13 bits per heavy atom. The van der Waals surface area contributed by atoms with E-state index in [1.807, 2.05) is 6.92 Å². The molecule has 0 aliphatic carbocycles. The zero-order chi connectivity index (χ0) is 11.3. The van der Waals surface area contributed by atoms with Crippen molar-refractivity contribution in [3.05, 3.63) is 29.8 Å². The van der Waals surface area contributed by atoms with Crippen molar-refractivity contribution in [2.75, 3.05) is 5.75 Å². The molecule has 1 rings (SSSR count). The van der Waals surface area contributed by atoms with E-state index in [0.717, 1.165) is 24.2 Å².